The van der Waals surface area contributed by atoms with Gasteiger partial charge in [-0.1, -0.05) is 23.7 Å². The van der Waals surface area contributed by atoms with E-state index in [9.17, 15) is 0 Å². The number of hydrogen-bond donors (Lipinski definition) is 0. The molecule has 1 aliphatic heterocycles. The molecule has 25 heavy (non-hydrogen) atoms. The Morgan fingerprint density at radius 3 is 2.08 bits per heavy atom. The highest BCUT2D eigenvalue weighted by molar-refractivity contribution is 6.30. The fourth-order valence-corrected chi connectivity index (χ4v) is 3.11. The first-order chi connectivity index (χ1) is 11.0. The zero-order chi connectivity index (χ0) is 16.4. The van der Waals surface area contributed by atoms with Crippen LogP contribution in [0, 0.1) is 6.92 Å². The van der Waals surface area contributed by atoms with Crippen molar-refractivity contribution in [2.24, 2.45) is 0 Å². The molecule has 1 aromatic heterocycles. The molecule has 2 heterocycles. The molecule has 1 aliphatic rings. The molecule has 7 heteroatoms. The Morgan fingerprint density at radius 1 is 0.960 bits per heavy atom. The number of nitrogens with zero attached hydrogens (tertiary/aromatic N) is 4. The van der Waals surface area contributed by atoms with Crippen LogP contribution in [-0.4, -0.2) is 47.3 Å². The second-order valence-corrected chi connectivity index (χ2v) is 6.79. The molecule has 0 unspecified atom stereocenters. The fourth-order valence-electron chi connectivity index (χ4n) is 2.99. The summed E-state index contributed by atoms with van der Waals surface area (Å²) in [5, 5.41) is 9.65. The Balaban J connectivity index is 0.00000156. The van der Waals surface area contributed by atoms with E-state index in [0.29, 0.717) is 6.04 Å². The lowest BCUT2D eigenvalue weighted by atomic mass is 10.1. The predicted octanol–water partition coefficient (Wildman–Crippen LogP) is 4.48. The van der Waals surface area contributed by atoms with Crippen molar-refractivity contribution in [2.75, 3.05) is 31.1 Å². The average molecular weight is 404 g/mol. The van der Waals surface area contributed by atoms with Gasteiger partial charge in [0.05, 0.1) is 5.69 Å². The van der Waals surface area contributed by atoms with Crippen molar-refractivity contribution in [3.05, 3.63) is 40.9 Å². The highest BCUT2D eigenvalue weighted by atomic mass is 35.5. The summed E-state index contributed by atoms with van der Waals surface area (Å²) in [6.45, 7) is 10.8. The molecule has 0 radical (unpaired) electrons. The summed E-state index contributed by atoms with van der Waals surface area (Å²) in [6, 6.07) is 10.5. The molecule has 0 atom stereocenters. The quantitative estimate of drug-likeness (QED) is 0.756. The van der Waals surface area contributed by atoms with Gasteiger partial charge in [0.25, 0.3) is 0 Å². The van der Waals surface area contributed by atoms with Crippen LogP contribution < -0.4 is 4.90 Å². The Bertz CT molecular complexity index is 669. The summed E-state index contributed by atoms with van der Waals surface area (Å²) in [6.07, 6.45) is 0. The second-order valence-electron chi connectivity index (χ2n) is 6.36. The van der Waals surface area contributed by atoms with E-state index in [-0.39, 0.29) is 24.8 Å². The fraction of sp³-hybridized carbons (Fsp3) is 0.444. The van der Waals surface area contributed by atoms with Crippen molar-refractivity contribution in [2.45, 2.75) is 26.8 Å². The van der Waals surface area contributed by atoms with E-state index in [1.165, 1.54) is 0 Å². The molecule has 0 spiro atoms. The molecule has 0 amide bonds. The van der Waals surface area contributed by atoms with Gasteiger partial charge in [-0.05, 0) is 44.5 Å². The molecule has 138 valence electrons. The minimum atomic E-state index is 0. The smallest absolute Gasteiger partial charge is 0.151 e. The molecule has 0 aliphatic carbocycles. The Morgan fingerprint density at radius 2 is 1.56 bits per heavy atom. The third-order valence-electron chi connectivity index (χ3n) is 4.46. The predicted molar refractivity (Wildman–Crippen MR) is 111 cm³/mol. The van der Waals surface area contributed by atoms with Crippen molar-refractivity contribution in [1.82, 2.24) is 15.1 Å². The van der Waals surface area contributed by atoms with Gasteiger partial charge in [-0.3, -0.25) is 4.90 Å². The van der Waals surface area contributed by atoms with Gasteiger partial charge in [-0.15, -0.1) is 35.0 Å². The van der Waals surface area contributed by atoms with Crippen LogP contribution in [0.25, 0.3) is 11.3 Å². The van der Waals surface area contributed by atoms with Crippen LogP contribution in [0.15, 0.2) is 30.3 Å². The van der Waals surface area contributed by atoms with Crippen molar-refractivity contribution in [3.63, 3.8) is 0 Å². The van der Waals surface area contributed by atoms with Crippen LogP contribution in [0.3, 0.4) is 0 Å². The number of aryl methyl sites for hydroxylation is 1. The summed E-state index contributed by atoms with van der Waals surface area (Å²) in [7, 11) is 0. The Labute approximate surface area is 167 Å². The van der Waals surface area contributed by atoms with E-state index in [1.54, 1.807) is 0 Å². The van der Waals surface area contributed by atoms with Gasteiger partial charge in [0.2, 0.25) is 0 Å². The maximum Gasteiger partial charge on any atom is 0.151 e. The number of anilines is 1. The van der Waals surface area contributed by atoms with Crippen LogP contribution in [0.4, 0.5) is 5.82 Å². The first-order valence-electron chi connectivity index (χ1n) is 8.14. The topological polar surface area (TPSA) is 32.3 Å². The zero-order valence-corrected chi connectivity index (χ0v) is 17.2. The summed E-state index contributed by atoms with van der Waals surface area (Å²) < 4.78 is 0. The van der Waals surface area contributed by atoms with Crippen molar-refractivity contribution in [3.8, 4) is 11.3 Å². The van der Waals surface area contributed by atoms with Gasteiger partial charge < -0.3 is 4.90 Å². The number of piperazine rings is 1. The van der Waals surface area contributed by atoms with E-state index in [4.69, 9.17) is 11.6 Å². The Hall–Kier alpha value is -1.07. The number of aromatic nitrogens is 2. The van der Waals surface area contributed by atoms with E-state index in [2.05, 4.69) is 46.8 Å². The van der Waals surface area contributed by atoms with Gasteiger partial charge in [0.1, 0.15) is 0 Å². The first kappa shape index (κ1) is 22.0. The van der Waals surface area contributed by atoms with Gasteiger partial charge >= 0.3 is 0 Å². The van der Waals surface area contributed by atoms with Crippen LogP contribution in [0.5, 0.6) is 0 Å². The molecule has 1 saturated heterocycles. The van der Waals surface area contributed by atoms with Crippen LogP contribution in [-0.2, 0) is 0 Å². The van der Waals surface area contributed by atoms with Crippen LogP contribution >= 0.6 is 36.4 Å². The summed E-state index contributed by atoms with van der Waals surface area (Å²) >= 11 is 5.95. The maximum absolute atomic E-state index is 5.95. The average Bonchev–Trinajstić information content (AvgIpc) is 2.56. The largest absolute Gasteiger partial charge is 0.353 e. The molecular weight excluding hydrogens is 379 g/mol. The lowest BCUT2D eigenvalue weighted by Crippen LogP contribution is -2.49. The van der Waals surface area contributed by atoms with E-state index in [0.717, 1.165) is 53.8 Å². The SMILES string of the molecule is Cc1cc(N2CCN(C(C)C)CC2)nnc1-c1ccc(Cl)cc1.Cl.Cl. The van der Waals surface area contributed by atoms with Crippen molar-refractivity contribution >= 4 is 42.2 Å². The monoisotopic (exact) mass is 402 g/mol. The maximum atomic E-state index is 5.95. The number of rotatable bonds is 3. The van der Waals surface area contributed by atoms with E-state index in [1.807, 2.05) is 24.3 Å². The molecule has 0 saturated carbocycles. The first-order valence-corrected chi connectivity index (χ1v) is 8.51. The van der Waals surface area contributed by atoms with E-state index < -0.39 is 0 Å². The molecule has 4 nitrogen and oxygen atoms in total. The molecule has 1 aromatic carbocycles. The lowest BCUT2D eigenvalue weighted by Gasteiger charge is -2.37. The third kappa shape index (κ3) is 5.20. The second kappa shape index (κ2) is 9.58. The summed E-state index contributed by atoms with van der Waals surface area (Å²) in [4.78, 5) is 4.82. The van der Waals surface area contributed by atoms with Crippen LogP contribution in [0.1, 0.15) is 19.4 Å². The van der Waals surface area contributed by atoms with Crippen LogP contribution in [0.2, 0.25) is 5.02 Å². The standard InChI is InChI=1S/C18H23ClN4.2ClH/c1-13(2)22-8-10-23(11-9-22)17-12-14(3)18(21-20-17)15-4-6-16(19)7-5-15;;/h4-7,12-13H,8-11H2,1-3H3;2*1H. The van der Waals surface area contributed by atoms with Crippen molar-refractivity contribution in [1.29, 1.82) is 0 Å². The van der Waals surface area contributed by atoms with Gasteiger partial charge in [0.15, 0.2) is 5.82 Å². The molecular formula is C18H25Cl3N4. The minimum absolute atomic E-state index is 0. The number of benzene rings is 1. The zero-order valence-electron chi connectivity index (χ0n) is 14.8. The highest BCUT2D eigenvalue weighted by Gasteiger charge is 2.20. The van der Waals surface area contributed by atoms with Gasteiger partial charge in [0, 0.05) is 42.8 Å². The highest BCUT2D eigenvalue weighted by Crippen LogP contribution is 2.25. The Kier molecular flexibility index (Phi) is 8.42. The lowest BCUT2D eigenvalue weighted by molar-refractivity contribution is 0.209. The molecule has 3 rings (SSSR count). The normalized spacial score (nSPS) is 14.8. The molecule has 0 bridgehead atoms. The van der Waals surface area contributed by atoms with Gasteiger partial charge in [-0.2, -0.15) is 0 Å². The van der Waals surface area contributed by atoms with Gasteiger partial charge in [-0.25, -0.2) is 0 Å². The molecule has 2 aromatic rings. The summed E-state index contributed by atoms with van der Waals surface area (Å²) in [5.41, 5.74) is 3.12. The minimum Gasteiger partial charge on any atom is -0.353 e. The molecule has 1 fully saturated rings. The van der Waals surface area contributed by atoms with E-state index >= 15 is 0 Å². The van der Waals surface area contributed by atoms with Crippen molar-refractivity contribution < 1.29 is 0 Å². The number of hydrogen-bond acceptors (Lipinski definition) is 4. The molecule has 0 N–H and O–H groups in total. The third-order valence-corrected chi connectivity index (χ3v) is 4.71. The summed E-state index contributed by atoms with van der Waals surface area (Å²) in [5.74, 6) is 0.976. The number of halogens is 3.